The number of aliphatic hydroxyl groups is 1. The molecule has 1 aromatic rings. The van der Waals surface area contributed by atoms with Crippen molar-refractivity contribution in [2.24, 2.45) is 5.73 Å². The summed E-state index contributed by atoms with van der Waals surface area (Å²) in [5.41, 5.74) is 5.76. The molecule has 2 atom stereocenters. The molecule has 0 aliphatic carbocycles. The van der Waals surface area contributed by atoms with Crippen molar-refractivity contribution in [1.82, 2.24) is 5.32 Å². The number of benzene rings is 1. The van der Waals surface area contributed by atoms with Crippen LogP contribution in [0.25, 0.3) is 0 Å². The average Bonchev–Trinajstić information content (AvgIpc) is 2.34. The van der Waals surface area contributed by atoms with Gasteiger partial charge in [-0.25, -0.2) is 0 Å². The van der Waals surface area contributed by atoms with Gasteiger partial charge in [0.05, 0.1) is 11.0 Å². The fourth-order valence-electron chi connectivity index (χ4n) is 1.56. The number of nitro benzene ring substituents is 1. The molecule has 0 bridgehead atoms. The van der Waals surface area contributed by atoms with Gasteiger partial charge in [-0.05, 0) is 19.9 Å². The molecule has 7 heteroatoms. The topological polar surface area (TPSA) is 118 Å². The van der Waals surface area contributed by atoms with Crippen molar-refractivity contribution in [3.05, 3.63) is 39.4 Å². The van der Waals surface area contributed by atoms with E-state index in [2.05, 4.69) is 5.32 Å². The number of carbonyl (C=O) groups excluding carboxylic acids is 1. The Balaban J connectivity index is 2.89. The van der Waals surface area contributed by atoms with E-state index in [1.54, 1.807) is 19.1 Å². The third-order valence-electron chi connectivity index (χ3n) is 2.78. The molecule has 4 N–H and O–H groups in total. The average molecular weight is 267 g/mol. The second-order valence-electron chi connectivity index (χ2n) is 4.34. The van der Waals surface area contributed by atoms with Crippen molar-refractivity contribution in [2.45, 2.75) is 26.0 Å². The summed E-state index contributed by atoms with van der Waals surface area (Å²) in [7, 11) is 0. The molecule has 7 nitrogen and oxygen atoms in total. The smallest absolute Gasteiger partial charge is 0.285 e. The zero-order valence-electron chi connectivity index (χ0n) is 10.8. The highest BCUT2D eigenvalue weighted by molar-refractivity contribution is 5.98. The first-order valence-corrected chi connectivity index (χ1v) is 5.80. The normalized spacial score (nSPS) is 13.7. The molecular formula is C12H17N3O4. The fraction of sp³-hybridized carbons (Fsp3) is 0.417. The summed E-state index contributed by atoms with van der Waals surface area (Å²) < 4.78 is 0. The van der Waals surface area contributed by atoms with Crippen molar-refractivity contribution >= 4 is 11.6 Å². The minimum absolute atomic E-state index is 0.0113. The van der Waals surface area contributed by atoms with Crippen LogP contribution in [0.3, 0.4) is 0 Å². The minimum Gasteiger partial charge on any atom is -0.392 e. The first-order chi connectivity index (χ1) is 8.84. The number of hydrogen-bond acceptors (Lipinski definition) is 5. The van der Waals surface area contributed by atoms with Gasteiger partial charge in [0, 0.05) is 18.2 Å². The highest BCUT2D eigenvalue weighted by Crippen LogP contribution is 2.22. The first-order valence-electron chi connectivity index (χ1n) is 5.80. The molecule has 0 radical (unpaired) electrons. The Morgan fingerprint density at radius 2 is 2.21 bits per heavy atom. The molecule has 0 heterocycles. The Labute approximate surface area is 110 Å². The van der Waals surface area contributed by atoms with Gasteiger partial charge in [0.25, 0.3) is 11.6 Å². The van der Waals surface area contributed by atoms with E-state index in [4.69, 9.17) is 5.73 Å². The van der Waals surface area contributed by atoms with Crippen LogP contribution in [0.2, 0.25) is 0 Å². The molecule has 0 saturated carbocycles. The van der Waals surface area contributed by atoms with E-state index < -0.39 is 23.0 Å². The number of nitrogens with one attached hydrogen (secondary N) is 1. The van der Waals surface area contributed by atoms with Crippen LogP contribution >= 0.6 is 0 Å². The molecule has 1 rings (SSSR count). The molecule has 2 unspecified atom stereocenters. The van der Waals surface area contributed by atoms with Crippen LogP contribution in [0, 0.1) is 17.0 Å². The summed E-state index contributed by atoms with van der Waals surface area (Å²) in [4.78, 5) is 22.3. The van der Waals surface area contributed by atoms with Crippen LogP contribution in [0.5, 0.6) is 0 Å². The summed E-state index contributed by atoms with van der Waals surface area (Å²) in [6.45, 7) is 3.12. The minimum atomic E-state index is -0.771. The van der Waals surface area contributed by atoms with Crippen LogP contribution in [-0.2, 0) is 0 Å². The van der Waals surface area contributed by atoms with Crippen LogP contribution < -0.4 is 11.1 Å². The number of nitrogens with two attached hydrogens (primary N) is 1. The van der Waals surface area contributed by atoms with Crippen molar-refractivity contribution in [2.75, 3.05) is 6.54 Å². The molecular weight excluding hydrogens is 250 g/mol. The number of carbonyl (C=O) groups is 1. The summed E-state index contributed by atoms with van der Waals surface area (Å²) in [5, 5.41) is 22.6. The van der Waals surface area contributed by atoms with Gasteiger partial charge in [0.15, 0.2) is 0 Å². The van der Waals surface area contributed by atoms with E-state index in [0.717, 1.165) is 0 Å². The Kier molecular flexibility index (Phi) is 4.96. The Morgan fingerprint density at radius 3 is 2.74 bits per heavy atom. The number of hydrogen-bond donors (Lipinski definition) is 3. The predicted octanol–water partition coefficient (Wildman–Crippen LogP) is 0.341. The van der Waals surface area contributed by atoms with Gasteiger partial charge in [0.2, 0.25) is 0 Å². The SMILES string of the molecule is Cc1cccc(C(=O)NCC(N)C(C)O)c1[N+](=O)[O-]. The number of para-hydroxylation sites is 1. The van der Waals surface area contributed by atoms with Gasteiger partial charge in [0.1, 0.15) is 5.56 Å². The highest BCUT2D eigenvalue weighted by atomic mass is 16.6. The zero-order chi connectivity index (χ0) is 14.6. The van der Waals surface area contributed by atoms with Gasteiger partial charge < -0.3 is 16.2 Å². The molecule has 1 amide bonds. The van der Waals surface area contributed by atoms with E-state index in [1.165, 1.54) is 13.0 Å². The van der Waals surface area contributed by atoms with E-state index >= 15 is 0 Å². The van der Waals surface area contributed by atoms with Gasteiger partial charge in [-0.1, -0.05) is 12.1 Å². The highest BCUT2D eigenvalue weighted by Gasteiger charge is 2.22. The Morgan fingerprint density at radius 1 is 1.58 bits per heavy atom. The lowest BCUT2D eigenvalue weighted by molar-refractivity contribution is -0.385. The Bertz CT molecular complexity index is 488. The largest absolute Gasteiger partial charge is 0.392 e. The van der Waals surface area contributed by atoms with Crippen molar-refractivity contribution < 1.29 is 14.8 Å². The molecule has 0 fully saturated rings. The molecule has 0 spiro atoms. The lowest BCUT2D eigenvalue weighted by atomic mass is 10.1. The van der Waals surface area contributed by atoms with E-state index in [0.29, 0.717) is 5.56 Å². The van der Waals surface area contributed by atoms with E-state index in [-0.39, 0.29) is 17.8 Å². The number of nitro groups is 1. The number of amides is 1. The molecule has 0 aliphatic heterocycles. The maximum Gasteiger partial charge on any atom is 0.285 e. The van der Waals surface area contributed by atoms with Crippen molar-refractivity contribution in [3.8, 4) is 0 Å². The van der Waals surface area contributed by atoms with Crippen molar-refractivity contribution in [1.29, 1.82) is 0 Å². The second kappa shape index (κ2) is 6.26. The summed E-state index contributed by atoms with van der Waals surface area (Å²) in [5.74, 6) is -0.577. The first kappa shape index (κ1) is 15.1. The van der Waals surface area contributed by atoms with Gasteiger partial charge in [-0.15, -0.1) is 0 Å². The molecule has 0 aliphatic rings. The van der Waals surface area contributed by atoms with Crippen LogP contribution in [-0.4, -0.2) is 34.6 Å². The monoisotopic (exact) mass is 267 g/mol. The molecule has 0 saturated heterocycles. The van der Waals surface area contributed by atoms with Gasteiger partial charge >= 0.3 is 0 Å². The second-order valence-corrected chi connectivity index (χ2v) is 4.34. The third kappa shape index (κ3) is 3.73. The lowest BCUT2D eigenvalue weighted by Gasteiger charge is -2.15. The standard InChI is InChI=1S/C12H17N3O4/c1-7-4-3-5-9(11(7)15(18)19)12(17)14-6-10(13)8(2)16/h3-5,8,10,16H,6,13H2,1-2H3,(H,14,17). The molecule has 19 heavy (non-hydrogen) atoms. The number of rotatable bonds is 5. The number of nitrogens with zero attached hydrogens (tertiary/aromatic N) is 1. The predicted molar refractivity (Wildman–Crippen MR) is 69.8 cm³/mol. The zero-order valence-corrected chi connectivity index (χ0v) is 10.8. The number of aliphatic hydroxyl groups excluding tert-OH is 1. The maximum absolute atomic E-state index is 11.9. The van der Waals surface area contributed by atoms with Crippen LogP contribution in [0.1, 0.15) is 22.8 Å². The fourth-order valence-corrected chi connectivity index (χ4v) is 1.56. The van der Waals surface area contributed by atoms with Crippen molar-refractivity contribution in [3.63, 3.8) is 0 Å². The number of aryl methyl sites for hydroxylation is 1. The lowest BCUT2D eigenvalue weighted by Crippen LogP contribution is -2.43. The van der Waals surface area contributed by atoms with Crippen LogP contribution in [0.15, 0.2) is 18.2 Å². The van der Waals surface area contributed by atoms with Gasteiger partial charge in [-0.2, -0.15) is 0 Å². The van der Waals surface area contributed by atoms with Crippen LogP contribution in [0.4, 0.5) is 5.69 Å². The quantitative estimate of drug-likeness (QED) is 0.525. The summed E-state index contributed by atoms with van der Waals surface area (Å²) >= 11 is 0. The summed E-state index contributed by atoms with van der Waals surface area (Å²) in [6.07, 6.45) is -0.771. The summed E-state index contributed by atoms with van der Waals surface area (Å²) in [6, 6.07) is 3.91. The molecule has 104 valence electrons. The third-order valence-corrected chi connectivity index (χ3v) is 2.78. The van der Waals surface area contributed by atoms with Gasteiger partial charge in [-0.3, -0.25) is 14.9 Å². The Hall–Kier alpha value is -1.99. The maximum atomic E-state index is 11.9. The van der Waals surface area contributed by atoms with E-state index in [9.17, 15) is 20.0 Å². The molecule has 1 aromatic carbocycles. The molecule has 0 aromatic heterocycles. The van der Waals surface area contributed by atoms with E-state index in [1.807, 2.05) is 0 Å².